The molecule has 2 saturated heterocycles. The number of amides is 3. The number of aromatic amines is 2. The molecule has 59 heavy (non-hydrogen) atoms. The molecule has 3 amide bonds. The van der Waals surface area contributed by atoms with Gasteiger partial charge in [-0.2, -0.15) is 0 Å². The standard InChI is InChI=1S/C44H54N8O7/c1-24(2)38(49-43(55)58-5)42(54)50-17-7-8-36(50)40-45-21-34(47-40)28-12-15-32-26(18-28)9-10-27-19-29(13-16-33(27)32)35-22-46-41(48-35)39-30-11-14-31(20-30)51(39)52(44(56)59-6)37(23-53)25(3)57-4/h12-13,15-16,18-19,21-25,30-31,36-39H,7-11,14,17,20H2,1-6H3,(H,45,47)(H,46,48)(H,49,55)/t25-,30+,31-,36+,37-,38+,39+/m1/s1. The number of alkyl carbamates (subject to hydrolysis) is 1. The predicted octanol–water partition coefficient (Wildman–Crippen LogP) is 6.39. The predicted molar refractivity (Wildman–Crippen MR) is 219 cm³/mol. The lowest BCUT2D eigenvalue weighted by Crippen LogP contribution is -2.59. The van der Waals surface area contributed by atoms with Crippen LogP contribution in [-0.4, -0.2) is 111 Å². The van der Waals surface area contributed by atoms with Gasteiger partial charge in [-0.05, 0) is 109 Å². The van der Waals surface area contributed by atoms with Crippen LogP contribution in [0.1, 0.15) is 87.7 Å². The number of hydrogen-bond acceptors (Lipinski definition) is 10. The second-order valence-electron chi connectivity index (χ2n) is 16.6. The summed E-state index contributed by atoms with van der Waals surface area (Å²) in [6.07, 6.45) is 8.96. The summed E-state index contributed by atoms with van der Waals surface area (Å²) in [7, 11) is 4.16. The minimum Gasteiger partial charge on any atom is -0.453 e. The van der Waals surface area contributed by atoms with Crippen LogP contribution in [0.3, 0.4) is 0 Å². The summed E-state index contributed by atoms with van der Waals surface area (Å²) in [6, 6.07) is 11.2. The molecule has 7 atom stereocenters. The van der Waals surface area contributed by atoms with Gasteiger partial charge in [-0.1, -0.05) is 38.1 Å². The summed E-state index contributed by atoms with van der Waals surface area (Å²) in [6.45, 7) is 6.19. The number of aryl methyl sites for hydroxylation is 2. The number of likely N-dealkylation sites (tertiary alicyclic amines) is 1. The number of benzene rings is 2. The van der Waals surface area contributed by atoms with Crippen LogP contribution in [0, 0.1) is 11.8 Å². The van der Waals surface area contributed by atoms with Crippen molar-refractivity contribution in [3.63, 3.8) is 0 Å². The van der Waals surface area contributed by atoms with Crippen molar-refractivity contribution in [2.75, 3.05) is 27.9 Å². The van der Waals surface area contributed by atoms with Gasteiger partial charge < -0.3 is 39.2 Å². The first-order valence-corrected chi connectivity index (χ1v) is 20.7. The molecular weight excluding hydrogens is 753 g/mol. The number of rotatable bonds is 12. The molecule has 2 aliphatic heterocycles. The maximum atomic E-state index is 13.6. The number of methoxy groups -OCH3 is 3. The van der Waals surface area contributed by atoms with Crippen molar-refractivity contribution in [1.82, 2.24) is 40.2 Å². The van der Waals surface area contributed by atoms with Gasteiger partial charge >= 0.3 is 12.2 Å². The fourth-order valence-corrected chi connectivity index (χ4v) is 9.80. The maximum Gasteiger partial charge on any atom is 0.424 e. The molecule has 15 heteroatoms. The van der Waals surface area contributed by atoms with Crippen molar-refractivity contribution in [2.24, 2.45) is 11.8 Å². The average Bonchev–Trinajstić information content (AvgIpc) is 4.12. The first-order chi connectivity index (χ1) is 28.5. The molecule has 312 valence electrons. The van der Waals surface area contributed by atoms with E-state index >= 15 is 0 Å². The van der Waals surface area contributed by atoms with Crippen LogP contribution in [0.4, 0.5) is 9.59 Å². The Bertz CT molecular complexity index is 2220. The molecule has 2 aromatic heterocycles. The van der Waals surface area contributed by atoms with Gasteiger partial charge in [0.2, 0.25) is 5.91 Å². The zero-order valence-electron chi connectivity index (χ0n) is 34.6. The molecule has 1 saturated carbocycles. The van der Waals surface area contributed by atoms with Crippen molar-refractivity contribution >= 4 is 24.4 Å². The number of aromatic nitrogens is 4. The van der Waals surface area contributed by atoms with Gasteiger partial charge in [0.1, 0.15) is 30.0 Å². The van der Waals surface area contributed by atoms with E-state index in [4.69, 9.17) is 24.2 Å². The average molecular weight is 807 g/mol. The highest BCUT2D eigenvalue weighted by Gasteiger charge is 2.53. The van der Waals surface area contributed by atoms with Gasteiger partial charge in [-0.25, -0.2) is 29.6 Å². The van der Waals surface area contributed by atoms with Crippen molar-refractivity contribution in [2.45, 2.75) is 102 Å². The van der Waals surface area contributed by atoms with Crippen LogP contribution in [0.15, 0.2) is 48.8 Å². The molecule has 4 heterocycles. The van der Waals surface area contributed by atoms with Crippen molar-refractivity contribution < 1.29 is 33.4 Å². The second kappa shape index (κ2) is 16.6. The first-order valence-electron chi connectivity index (χ1n) is 20.7. The largest absolute Gasteiger partial charge is 0.453 e. The molecule has 0 spiro atoms. The summed E-state index contributed by atoms with van der Waals surface area (Å²) in [5.41, 5.74) is 8.78. The lowest BCUT2D eigenvalue weighted by Gasteiger charge is -2.44. The quantitative estimate of drug-likeness (QED) is 0.136. The number of carbonyl (C=O) groups is 4. The van der Waals surface area contributed by atoms with Crippen molar-refractivity contribution in [3.8, 4) is 33.6 Å². The van der Waals surface area contributed by atoms with Crippen LogP contribution in [0.2, 0.25) is 0 Å². The molecule has 2 aromatic carbocycles. The molecular formula is C44H54N8O7. The zero-order chi connectivity index (χ0) is 41.5. The van der Waals surface area contributed by atoms with E-state index in [9.17, 15) is 19.2 Å². The zero-order valence-corrected chi connectivity index (χ0v) is 34.6. The number of fused-ring (bicyclic) bond motifs is 5. The van der Waals surface area contributed by atoms with E-state index in [1.54, 1.807) is 6.92 Å². The molecule has 15 nitrogen and oxygen atoms in total. The number of H-pyrrole nitrogens is 2. The summed E-state index contributed by atoms with van der Waals surface area (Å²) < 4.78 is 15.5. The number of nitrogens with one attached hydrogen (secondary N) is 3. The van der Waals surface area contributed by atoms with Gasteiger partial charge in [0.05, 0.1) is 56.2 Å². The number of nitrogens with zero attached hydrogens (tertiary/aromatic N) is 5. The number of aldehydes is 1. The number of carbonyl (C=O) groups excluding carboxylic acids is 4. The van der Waals surface area contributed by atoms with E-state index in [0.717, 1.165) is 85.4 Å². The number of piperidine rings is 1. The van der Waals surface area contributed by atoms with Gasteiger partial charge in [0.15, 0.2) is 0 Å². The lowest BCUT2D eigenvalue weighted by atomic mass is 9.83. The molecule has 0 unspecified atom stereocenters. The molecule has 8 rings (SSSR count). The Hall–Kier alpha value is -5.54. The third-order valence-corrected chi connectivity index (χ3v) is 12.9. The number of hydrazine groups is 1. The Morgan fingerprint density at radius 2 is 1.53 bits per heavy atom. The lowest BCUT2D eigenvalue weighted by molar-refractivity contribution is -0.141. The number of ether oxygens (including phenoxy) is 3. The van der Waals surface area contributed by atoms with E-state index in [1.807, 2.05) is 36.1 Å². The molecule has 4 aliphatic rings. The SMILES string of the molecule is COC(=O)N[C@H](C(=O)N1CCC[C@H]1c1ncc(-c2ccc3c(c2)CCc2cc(-c4cnc([C@@H]5[C@H]6CC[C@H](C6)N5N(C(=O)OC)[C@H](C=O)[C@@H](C)OC)[nH]4)ccc2-3)[nH]1)C(C)C. The minimum absolute atomic E-state index is 0.0815. The van der Waals surface area contributed by atoms with E-state index in [2.05, 4.69) is 51.7 Å². The summed E-state index contributed by atoms with van der Waals surface area (Å²) in [5, 5.41) is 6.18. The Morgan fingerprint density at radius 3 is 2.12 bits per heavy atom. The second-order valence-corrected chi connectivity index (χ2v) is 16.6. The third-order valence-electron chi connectivity index (χ3n) is 12.9. The van der Waals surface area contributed by atoms with Crippen LogP contribution in [0.25, 0.3) is 33.6 Å². The monoisotopic (exact) mass is 806 g/mol. The third kappa shape index (κ3) is 7.39. The van der Waals surface area contributed by atoms with Crippen molar-refractivity contribution in [1.29, 1.82) is 0 Å². The Labute approximate surface area is 344 Å². The minimum atomic E-state index is -0.845. The number of hydrogen-bond donors (Lipinski definition) is 3. The van der Waals surface area contributed by atoms with E-state index in [0.29, 0.717) is 6.54 Å². The molecule has 3 fully saturated rings. The molecule has 4 aromatic rings. The van der Waals surface area contributed by atoms with E-state index in [-0.39, 0.29) is 35.9 Å². The van der Waals surface area contributed by atoms with E-state index < -0.39 is 30.4 Å². The van der Waals surface area contributed by atoms with Crippen LogP contribution in [-0.2, 0) is 36.6 Å². The fourth-order valence-electron chi connectivity index (χ4n) is 9.80. The molecule has 2 bridgehead atoms. The molecule has 2 aliphatic carbocycles. The van der Waals surface area contributed by atoms with Crippen LogP contribution < -0.4 is 5.32 Å². The summed E-state index contributed by atoms with van der Waals surface area (Å²) >= 11 is 0. The summed E-state index contributed by atoms with van der Waals surface area (Å²) in [5.74, 6) is 1.53. The summed E-state index contributed by atoms with van der Waals surface area (Å²) in [4.78, 5) is 69.8. The Balaban J connectivity index is 1.000. The first kappa shape index (κ1) is 40.2. The highest BCUT2D eigenvalue weighted by Crippen LogP contribution is 2.51. The Kier molecular flexibility index (Phi) is 11.3. The maximum absolute atomic E-state index is 13.6. The molecule has 0 radical (unpaired) electrons. The highest BCUT2D eigenvalue weighted by atomic mass is 16.6. The number of imidazole rings is 2. The van der Waals surface area contributed by atoms with Crippen LogP contribution >= 0.6 is 0 Å². The van der Waals surface area contributed by atoms with Gasteiger partial charge in [0, 0.05) is 19.7 Å². The van der Waals surface area contributed by atoms with Gasteiger partial charge in [-0.15, -0.1) is 0 Å². The molecule has 3 N–H and O–H groups in total. The van der Waals surface area contributed by atoms with Gasteiger partial charge in [0.25, 0.3) is 0 Å². The van der Waals surface area contributed by atoms with Gasteiger partial charge in [-0.3, -0.25) is 4.79 Å². The normalized spacial score (nSPS) is 22.4. The van der Waals surface area contributed by atoms with Crippen molar-refractivity contribution in [3.05, 3.63) is 71.6 Å². The fraction of sp³-hybridized carbons (Fsp3) is 0.500. The smallest absolute Gasteiger partial charge is 0.424 e. The Morgan fingerprint density at radius 1 is 0.881 bits per heavy atom. The highest BCUT2D eigenvalue weighted by molar-refractivity contribution is 5.86. The topological polar surface area (TPSA) is 175 Å². The van der Waals surface area contributed by atoms with E-state index in [1.165, 1.54) is 48.6 Å². The van der Waals surface area contributed by atoms with Crippen LogP contribution in [0.5, 0.6) is 0 Å².